The summed E-state index contributed by atoms with van der Waals surface area (Å²) < 4.78 is 26.3. The Balaban J connectivity index is 1.23. The van der Waals surface area contributed by atoms with Gasteiger partial charge < -0.3 is 19.1 Å². The minimum absolute atomic E-state index is 0.0121. The Bertz CT molecular complexity index is 1440. The van der Waals surface area contributed by atoms with Crippen LogP contribution in [0, 0.1) is 11.7 Å². The first-order valence-electron chi connectivity index (χ1n) is 12.7. The monoisotopic (exact) mass is 538 g/mol. The first-order valence-corrected chi connectivity index (χ1v) is 13.6. The van der Waals surface area contributed by atoms with Crippen LogP contribution in [0.25, 0.3) is 21.6 Å². The maximum Gasteiger partial charge on any atom is 0.324 e. The van der Waals surface area contributed by atoms with E-state index in [9.17, 15) is 9.18 Å². The first kappa shape index (κ1) is 26.0. The number of carbonyl (C=O) groups excluding carboxylic acids is 1. The summed E-state index contributed by atoms with van der Waals surface area (Å²) in [5.41, 5.74) is 1.97. The number of ether oxygens (including phenoxy) is 1. The Morgan fingerprint density at radius 1 is 1.13 bits per heavy atom. The normalized spacial score (nSPS) is 15.3. The number of hydrogen-bond acceptors (Lipinski definition) is 9. The Morgan fingerprint density at radius 3 is 2.55 bits per heavy atom. The molecule has 4 heterocycles. The highest BCUT2D eigenvalue weighted by Gasteiger charge is 2.28. The van der Waals surface area contributed by atoms with Gasteiger partial charge in [-0.05, 0) is 49.9 Å². The number of halogens is 1. The summed E-state index contributed by atoms with van der Waals surface area (Å²) in [4.78, 5) is 30.1. The number of fused-ring (bicyclic) bond motifs is 1. The van der Waals surface area contributed by atoms with Gasteiger partial charge >= 0.3 is 6.01 Å². The second-order valence-electron chi connectivity index (χ2n) is 10.1. The van der Waals surface area contributed by atoms with E-state index in [0.29, 0.717) is 33.2 Å². The SMILES string of the molecule is CC(C)c1noc(N2CCC(C(C)Oc3nc4ccc(-c5ccc(C(=O)N(C)C)c(F)c5)nc4s3)CC2)n1. The van der Waals surface area contributed by atoms with E-state index < -0.39 is 5.82 Å². The maximum absolute atomic E-state index is 14.6. The van der Waals surface area contributed by atoms with E-state index in [1.807, 2.05) is 19.9 Å². The van der Waals surface area contributed by atoms with Crippen molar-refractivity contribution in [1.82, 2.24) is 25.0 Å². The highest BCUT2D eigenvalue weighted by molar-refractivity contribution is 7.19. The smallest absolute Gasteiger partial charge is 0.324 e. The minimum Gasteiger partial charge on any atom is -0.467 e. The molecule has 1 aliphatic heterocycles. The summed E-state index contributed by atoms with van der Waals surface area (Å²) >= 11 is 1.37. The Labute approximate surface area is 224 Å². The fourth-order valence-corrected chi connectivity index (χ4v) is 5.37. The predicted octanol–water partition coefficient (Wildman–Crippen LogP) is 5.39. The molecule has 0 N–H and O–H groups in total. The largest absolute Gasteiger partial charge is 0.467 e. The number of benzene rings is 1. The zero-order valence-corrected chi connectivity index (χ0v) is 23.0. The average Bonchev–Trinajstić information content (AvgIpc) is 3.55. The van der Waals surface area contributed by atoms with Gasteiger partial charge in [0.1, 0.15) is 22.3 Å². The lowest BCUT2D eigenvalue weighted by molar-refractivity contribution is 0.0823. The van der Waals surface area contributed by atoms with Crippen LogP contribution in [0.1, 0.15) is 55.7 Å². The molecule has 0 bridgehead atoms. The molecule has 1 unspecified atom stereocenters. The van der Waals surface area contributed by atoms with E-state index in [0.717, 1.165) is 37.3 Å². The van der Waals surface area contributed by atoms with Crippen molar-refractivity contribution in [2.75, 3.05) is 32.1 Å². The van der Waals surface area contributed by atoms with Crippen LogP contribution in [0.15, 0.2) is 34.9 Å². The van der Waals surface area contributed by atoms with Crippen molar-refractivity contribution < 1.29 is 18.4 Å². The van der Waals surface area contributed by atoms with Crippen LogP contribution in [-0.4, -0.2) is 64.2 Å². The number of anilines is 1. The van der Waals surface area contributed by atoms with Crippen LogP contribution < -0.4 is 9.64 Å². The summed E-state index contributed by atoms with van der Waals surface area (Å²) in [6, 6.07) is 8.79. The van der Waals surface area contributed by atoms with Gasteiger partial charge in [0, 0.05) is 38.7 Å². The standard InChI is InChI=1S/C27H31FN6O3S/c1-15(2)23-31-26(37-32-23)34-12-10-17(11-13-34)16(3)36-27-30-22-9-8-21(29-24(22)38-27)18-6-7-19(20(28)14-18)25(35)33(4)5/h6-9,14-17H,10-13H2,1-5H3. The topological polar surface area (TPSA) is 97.5 Å². The Kier molecular flexibility index (Phi) is 7.29. The highest BCUT2D eigenvalue weighted by atomic mass is 32.1. The average molecular weight is 539 g/mol. The number of nitrogens with zero attached hydrogens (tertiary/aromatic N) is 6. The van der Waals surface area contributed by atoms with E-state index in [-0.39, 0.29) is 23.5 Å². The summed E-state index contributed by atoms with van der Waals surface area (Å²) in [5, 5.41) is 4.64. The fraction of sp³-hybridized carbons (Fsp3) is 0.444. The molecule has 1 aliphatic rings. The maximum atomic E-state index is 14.6. The number of rotatable bonds is 7. The number of hydrogen-bond donors (Lipinski definition) is 0. The third-order valence-corrected chi connectivity index (χ3v) is 7.70. The van der Waals surface area contributed by atoms with Crippen molar-refractivity contribution >= 4 is 33.6 Å². The Hall–Kier alpha value is -3.60. The van der Waals surface area contributed by atoms with Crippen LogP contribution in [-0.2, 0) is 0 Å². The molecule has 9 nitrogen and oxygen atoms in total. The molecular weight excluding hydrogens is 507 g/mol. The van der Waals surface area contributed by atoms with Gasteiger partial charge in [-0.15, -0.1) is 0 Å². The number of piperidine rings is 1. The molecule has 1 amide bonds. The lowest BCUT2D eigenvalue weighted by atomic mass is 9.92. The van der Waals surface area contributed by atoms with Gasteiger partial charge in [-0.1, -0.05) is 36.4 Å². The second kappa shape index (κ2) is 10.6. The van der Waals surface area contributed by atoms with Crippen LogP contribution in [0.3, 0.4) is 0 Å². The van der Waals surface area contributed by atoms with Crippen molar-refractivity contribution in [3.05, 3.63) is 47.5 Å². The molecule has 5 rings (SSSR count). The van der Waals surface area contributed by atoms with Crippen molar-refractivity contribution in [3.63, 3.8) is 0 Å². The van der Waals surface area contributed by atoms with Gasteiger partial charge in [0.15, 0.2) is 5.82 Å². The van der Waals surface area contributed by atoms with Crippen molar-refractivity contribution in [1.29, 1.82) is 0 Å². The molecule has 0 aliphatic carbocycles. The predicted molar refractivity (Wildman–Crippen MR) is 144 cm³/mol. The third kappa shape index (κ3) is 5.33. The number of thiazole rings is 1. The number of pyridine rings is 1. The quantitative estimate of drug-likeness (QED) is 0.309. The van der Waals surface area contributed by atoms with Crippen LogP contribution in [0.4, 0.5) is 10.4 Å². The van der Waals surface area contributed by atoms with Crippen molar-refractivity contribution in [2.45, 2.75) is 45.6 Å². The second-order valence-corrected chi connectivity index (χ2v) is 11.1. The lowest BCUT2D eigenvalue weighted by Crippen LogP contribution is -2.38. The zero-order chi connectivity index (χ0) is 27.0. The zero-order valence-electron chi connectivity index (χ0n) is 22.1. The van der Waals surface area contributed by atoms with E-state index >= 15 is 0 Å². The van der Waals surface area contributed by atoms with E-state index in [2.05, 4.69) is 31.9 Å². The molecule has 0 saturated carbocycles. The molecule has 1 fully saturated rings. The molecular formula is C27H31FN6O3S. The van der Waals surface area contributed by atoms with Crippen LogP contribution in [0.2, 0.25) is 0 Å². The molecule has 4 aromatic rings. The molecule has 38 heavy (non-hydrogen) atoms. The number of aromatic nitrogens is 4. The lowest BCUT2D eigenvalue weighted by Gasteiger charge is -2.33. The summed E-state index contributed by atoms with van der Waals surface area (Å²) in [5.74, 6) is 0.388. The van der Waals surface area contributed by atoms with Crippen LogP contribution in [0.5, 0.6) is 5.19 Å². The molecule has 0 spiro atoms. The van der Waals surface area contributed by atoms with Gasteiger partial charge in [0.25, 0.3) is 11.1 Å². The van der Waals surface area contributed by atoms with Gasteiger partial charge in [-0.2, -0.15) is 4.98 Å². The van der Waals surface area contributed by atoms with Crippen molar-refractivity contribution in [2.24, 2.45) is 5.92 Å². The molecule has 0 radical (unpaired) electrons. The van der Waals surface area contributed by atoms with Gasteiger partial charge in [0.2, 0.25) is 0 Å². The molecule has 1 atom stereocenters. The molecule has 200 valence electrons. The number of amides is 1. The third-order valence-electron chi connectivity index (χ3n) is 6.85. The molecule has 1 saturated heterocycles. The summed E-state index contributed by atoms with van der Waals surface area (Å²) in [6.45, 7) is 7.83. The molecule has 3 aromatic heterocycles. The summed E-state index contributed by atoms with van der Waals surface area (Å²) in [7, 11) is 3.19. The fourth-order valence-electron chi connectivity index (χ4n) is 4.50. The van der Waals surface area contributed by atoms with Gasteiger partial charge in [-0.25, -0.2) is 14.4 Å². The van der Waals surface area contributed by atoms with Crippen molar-refractivity contribution in [3.8, 4) is 16.5 Å². The van der Waals surface area contributed by atoms with Gasteiger partial charge in [0.05, 0.1) is 11.3 Å². The Morgan fingerprint density at radius 2 is 1.89 bits per heavy atom. The minimum atomic E-state index is -0.573. The number of carbonyl (C=O) groups is 1. The van der Waals surface area contributed by atoms with Crippen LogP contribution >= 0.6 is 11.3 Å². The molecule has 11 heteroatoms. The summed E-state index contributed by atoms with van der Waals surface area (Å²) in [6.07, 6.45) is 1.89. The van der Waals surface area contributed by atoms with E-state index in [4.69, 9.17) is 9.26 Å². The van der Waals surface area contributed by atoms with Gasteiger partial charge in [-0.3, -0.25) is 4.79 Å². The van der Waals surface area contributed by atoms with E-state index in [1.54, 1.807) is 26.2 Å². The highest BCUT2D eigenvalue weighted by Crippen LogP contribution is 2.33. The molecule has 1 aromatic carbocycles. The van der Waals surface area contributed by atoms with E-state index in [1.165, 1.54) is 28.4 Å². The first-order chi connectivity index (χ1) is 18.2.